The van der Waals surface area contributed by atoms with E-state index in [1.54, 1.807) is 0 Å². The number of hydrogen-bond acceptors (Lipinski definition) is 2. The Hall–Kier alpha value is -0.0151. The third kappa shape index (κ3) is 6.39. The third-order valence-corrected chi connectivity index (χ3v) is 1.75. The van der Waals surface area contributed by atoms with Crippen LogP contribution in [0, 0.1) is 0 Å². The summed E-state index contributed by atoms with van der Waals surface area (Å²) in [6, 6.07) is 0. The zero-order chi connectivity index (χ0) is 8.53. The highest BCUT2D eigenvalue weighted by Crippen LogP contribution is 1.95. The summed E-state index contributed by atoms with van der Waals surface area (Å²) in [4.78, 5) is 0. The van der Waals surface area contributed by atoms with Crippen LogP contribution in [0.4, 0.5) is 0 Å². The van der Waals surface area contributed by atoms with Gasteiger partial charge in [-0.3, -0.25) is 0 Å². The lowest BCUT2D eigenvalue weighted by molar-refractivity contribution is 0.815. The number of unbranched alkanes of at least 4 members (excludes halogenated alkanes) is 1. The van der Waals surface area contributed by atoms with Crippen molar-refractivity contribution in [3.8, 4) is 0 Å². The fraction of sp³-hybridized carbons (Fsp3) is 1.00. The smallest absolute Gasteiger partial charge is 0.305 e. The van der Waals surface area contributed by atoms with Gasteiger partial charge in [-0.15, -0.1) is 0 Å². The van der Waals surface area contributed by atoms with E-state index >= 15 is 0 Å². The number of rotatable bonds is 7. The first-order valence-corrected chi connectivity index (χ1v) is 4.81. The Labute approximate surface area is 71.3 Å². The highest BCUT2D eigenvalue weighted by atomic mass is 14.9. The molecule has 0 aromatic rings. The molecule has 0 heterocycles. The van der Waals surface area contributed by atoms with Crippen LogP contribution in [0.3, 0.4) is 0 Å². The predicted molar refractivity (Wildman–Crippen MR) is 52.8 cm³/mol. The lowest BCUT2D eigenvalue weighted by Crippen LogP contribution is -2.46. The predicted octanol–water partition coefficient (Wildman–Crippen LogP) is 1.49. The van der Waals surface area contributed by atoms with Crippen molar-refractivity contribution >= 4 is 6.98 Å². The molecule has 0 aromatic heterocycles. The van der Waals surface area contributed by atoms with Gasteiger partial charge in [0, 0.05) is 0 Å². The van der Waals surface area contributed by atoms with E-state index in [1.165, 1.54) is 19.2 Å². The van der Waals surface area contributed by atoms with Crippen LogP contribution >= 0.6 is 0 Å². The molecule has 2 nitrogen and oxygen atoms in total. The van der Waals surface area contributed by atoms with Gasteiger partial charge >= 0.3 is 6.98 Å². The zero-order valence-corrected chi connectivity index (χ0v) is 8.11. The van der Waals surface area contributed by atoms with Gasteiger partial charge in [-0.05, 0) is 19.4 Å². The van der Waals surface area contributed by atoms with Gasteiger partial charge in [0.2, 0.25) is 0 Å². The van der Waals surface area contributed by atoms with Crippen LogP contribution in [0.1, 0.15) is 33.6 Å². The first-order valence-electron chi connectivity index (χ1n) is 4.81. The second kappa shape index (κ2) is 8.09. The SMILES string of the molecule is CCCCB(NCC)NCC. The Bertz CT molecular complexity index is 72.5. The first kappa shape index (κ1) is 11.0. The normalized spacial score (nSPS) is 10.1. The summed E-state index contributed by atoms with van der Waals surface area (Å²) in [6.07, 6.45) is 3.84. The van der Waals surface area contributed by atoms with Crippen molar-refractivity contribution in [2.24, 2.45) is 0 Å². The molecule has 3 heteroatoms. The topological polar surface area (TPSA) is 24.1 Å². The number of hydrogen-bond donors (Lipinski definition) is 2. The molecule has 0 unspecified atom stereocenters. The minimum atomic E-state index is 0.532. The van der Waals surface area contributed by atoms with Crippen molar-refractivity contribution in [2.45, 2.75) is 39.9 Å². The molecule has 0 radical (unpaired) electrons. The second-order valence-corrected chi connectivity index (χ2v) is 2.81. The molecular weight excluding hydrogens is 135 g/mol. The number of nitrogens with one attached hydrogen (secondary N) is 2. The summed E-state index contributed by atoms with van der Waals surface area (Å²) in [7, 11) is 0. The molecule has 0 aliphatic carbocycles. The van der Waals surface area contributed by atoms with E-state index in [-0.39, 0.29) is 0 Å². The van der Waals surface area contributed by atoms with Crippen LogP contribution in [0.25, 0.3) is 0 Å². The average Bonchev–Trinajstić information content (AvgIpc) is 2.01. The van der Waals surface area contributed by atoms with Crippen LogP contribution < -0.4 is 10.5 Å². The van der Waals surface area contributed by atoms with Gasteiger partial charge in [0.05, 0.1) is 0 Å². The van der Waals surface area contributed by atoms with Crippen LogP contribution in [0.5, 0.6) is 0 Å². The van der Waals surface area contributed by atoms with Gasteiger partial charge in [0.25, 0.3) is 0 Å². The lowest BCUT2D eigenvalue weighted by Gasteiger charge is -2.13. The van der Waals surface area contributed by atoms with Crippen LogP contribution in [0.2, 0.25) is 6.32 Å². The first-order chi connectivity index (χ1) is 5.35. The van der Waals surface area contributed by atoms with Gasteiger partial charge in [-0.2, -0.15) is 0 Å². The molecular formula is C8H21BN2. The van der Waals surface area contributed by atoms with E-state index in [2.05, 4.69) is 31.2 Å². The molecule has 0 rings (SSSR count). The van der Waals surface area contributed by atoms with Crippen molar-refractivity contribution < 1.29 is 0 Å². The van der Waals surface area contributed by atoms with Crippen molar-refractivity contribution in [1.82, 2.24) is 10.5 Å². The largest absolute Gasteiger partial charge is 0.342 e. The maximum Gasteiger partial charge on any atom is 0.305 e. The monoisotopic (exact) mass is 156 g/mol. The summed E-state index contributed by atoms with van der Waals surface area (Å²) in [5.41, 5.74) is 0. The van der Waals surface area contributed by atoms with Gasteiger partial charge in [0.15, 0.2) is 0 Å². The summed E-state index contributed by atoms with van der Waals surface area (Å²) < 4.78 is 0. The van der Waals surface area contributed by atoms with E-state index < -0.39 is 0 Å². The summed E-state index contributed by atoms with van der Waals surface area (Å²) in [5, 5.41) is 6.81. The van der Waals surface area contributed by atoms with Crippen molar-refractivity contribution in [3.05, 3.63) is 0 Å². The fourth-order valence-corrected chi connectivity index (χ4v) is 1.18. The molecule has 0 saturated heterocycles. The maximum absolute atomic E-state index is 3.41. The Balaban J connectivity index is 3.34. The van der Waals surface area contributed by atoms with Crippen molar-refractivity contribution in [3.63, 3.8) is 0 Å². The molecule has 0 aliphatic rings. The summed E-state index contributed by atoms with van der Waals surface area (Å²) in [5.74, 6) is 0. The highest BCUT2D eigenvalue weighted by molar-refractivity contribution is 6.53. The molecule has 0 atom stereocenters. The summed E-state index contributed by atoms with van der Waals surface area (Å²) >= 11 is 0. The fourth-order valence-electron chi connectivity index (χ4n) is 1.18. The van der Waals surface area contributed by atoms with Gasteiger partial charge in [0.1, 0.15) is 0 Å². The van der Waals surface area contributed by atoms with E-state index in [4.69, 9.17) is 0 Å². The molecule has 11 heavy (non-hydrogen) atoms. The Morgan fingerprint density at radius 1 is 1.00 bits per heavy atom. The van der Waals surface area contributed by atoms with Gasteiger partial charge in [-0.25, -0.2) is 0 Å². The van der Waals surface area contributed by atoms with E-state index in [0.717, 1.165) is 13.1 Å². The third-order valence-electron chi connectivity index (χ3n) is 1.75. The Morgan fingerprint density at radius 3 is 1.91 bits per heavy atom. The quantitative estimate of drug-likeness (QED) is 0.545. The molecule has 0 spiro atoms. The molecule has 0 fully saturated rings. The maximum atomic E-state index is 3.41. The average molecular weight is 156 g/mol. The van der Waals surface area contributed by atoms with Crippen molar-refractivity contribution in [2.75, 3.05) is 13.1 Å². The Kier molecular flexibility index (Phi) is 8.07. The van der Waals surface area contributed by atoms with Crippen LogP contribution in [-0.2, 0) is 0 Å². The second-order valence-electron chi connectivity index (χ2n) is 2.81. The lowest BCUT2D eigenvalue weighted by atomic mass is 9.71. The standard InChI is InChI=1S/C8H21BN2/c1-4-7-8-9(10-5-2)11-6-3/h10-11H,4-8H2,1-3H3. The minimum absolute atomic E-state index is 0.532. The summed E-state index contributed by atoms with van der Waals surface area (Å²) in [6.45, 7) is 9.18. The van der Waals surface area contributed by atoms with E-state index in [0.29, 0.717) is 6.98 Å². The molecule has 0 amide bonds. The van der Waals surface area contributed by atoms with Gasteiger partial charge in [-0.1, -0.05) is 33.6 Å². The molecule has 0 aliphatic heterocycles. The molecule has 0 bridgehead atoms. The Morgan fingerprint density at radius 2 is 1.55 bits per heavy atom. The zero-order valence-electron chi connectivity index (χ0n) is 8.11. The van der Waals surface area contributed by atoms with E-state index in [9.17, 15) is 0 Å². The molecule has 0 saturated carbocycles. The van der Waals surface area contributed by atoms with E-state index in [1.807, 2.05) is 0 Å². The van der Waals surface area contributed by atoms with Crippen LogP contribution in [-0.4, -0.2) is 20.1 Å². The van der Waals surface area contributed by atoms with Crippen LogP contribution in [0.15, 0.2) is 0 Å². The molecule has 66 valence electrons. The van der Waals surface area contributed by atoms with Crippen molar-refractivity contribution in [1.29, 1.82) is 0 Å². The highest BCUT2D eigenvalue weighted by Gasteiger charge is 2.09. The molecule has 0 aromatic carbocycles. The molecule has 2 N–H and O–H groups in total. The van der Waals surface area contributed by atoms with Gasteiger partial charge < -0.3 is 10.5 Å². The minimum Gasteiger partial charge on any atom is -0.342 e.